The summed E-state index contributed by atoms with van der Waals surface area (Å²) in [6.45, 7) is -0.00846. The van der Waals surface area contributed by atoms with Crippen LogP contribution in [-0.4, -0.2) is 51.6 Å². The monoisotopic (exact) mass is 307 g/mol. The van der Waals surface area contributed by atoms with Gasteiger partial charge in [0, 0.05) is 32.1 Å². The highest BCUT2D eigenvalue weighted by Crippen LogP contribution is 2.33. The van der Waals surface area contributed by atoms with E-state index >= 15 is 0 Å². The lowest BCUT2D eigenvalue weighted by Gasteiger charge is -2.22. The van der Waals surface area contributed by atoms with Gasteiger partial charge in [0.05, 0.1) is 19.4 Å². The smallest absolute Gasteiger partial charge is 0.433 e. The highest BCUT2D eigenvalue weighted by Gasteiger charge is 2.41. The van der Waals surface area contributed by atoms with Gasteiger partial charge in [0.15, 0.2) is 0 Å². The van der Waals surface area contributed by atoms with Crippen molar-refractivity contribution >= 4 is 5.97 Å². The Morgan fingerprint density at radius 3 is 2.81 bits per heavy atom. The fourth-order valence-corrected chi connectivity index (χ4v) is 2.62. The van der Waals surface area contributed by atoms with Crippen molar-refractivity contribution in [1.82, 2.24) is 14.7 Å². The molecule has 0 aliphatic carbocycles. The first-order chi connectivity index (χ1) is 9.74. The molecule has 9 heteroatoms. The second kappa shape index (κ2) is 5.64. The standard InChI is InChI=1S/C12H16F3N3O3/c1-17-10(12(13,14)15)7(4-16-17)5-18-6-8(19)3-9(18)11(20)21-2/h4,8-9,19H,3,5-6H2,1-2H3/t8-,9-/m1/s1. The molecule has 0 saturated carbocycles. The number of β-amino-alcohol motifs (C(OH)–C–C–N with tert-alkyl or cyclic N) is 1. The molecular formula is C12H16F3N3O3. The highest BCUT2D eigenvalue weighted by atomic mass is 19.4. The van der Waals surface area contributed by atoms with Crippen molar-refractivity contribution in [2.24, 2.45) is 7.05 Å². The number of hydrogen-bond donors (Lipinski definition) is 1. The first kappa shape index (κ1) is 15.8. The van der Waals surface area contributed by atoms with E-state index in [1.807, 2.05) is 0 Å². The van der Waals surface area contributed by atoms with E-state index < -0.39 is 30.0 Å². The van der Waals surface area contributed by atoms with E-state index in [1.54, 1.807) is 0 Å². The molecule has 0 bridgehead atoms. The molecule has 1 aromatic heterocycles. The third-order valence-electron chi connectivity index (χ3n) is 3.51. The van der Waals surface area contributed by atoms with Crippen molar-refractivity contribution in [1.29, 1.82) is 0 Å². The van der Waals surface area contributed by atoms with Crippen molar-refractivity contribution in [3.05, 3.63) is 17.5 Å². The molecule has 0 radical (unpaired) electrons. The average Bonchev–Trinajstić information content (AvgIpc) is 2.91. The van der Waals surface area contributed by atoms with Crippen molar-refractivity contribution in [3.8, 4) is 0 Å². The number of alkyl halides is 3. The molecule has 118 valence electrons. The van der Waals surface area contributed by atoms with E-state index in [4.69, 9.17) is 0 Å². The van der Waals surface area contributed by atoms with E-state index in [0.29, 0.717) is 0 Å². The molecule has 0 spiro atoms. The minimum absolute atomic E-state index is 0.0343. The van der Waals surface area contributed by atoms with Crippen LogP contribution in [0.25, 0.3) is 0 Å². The van der Waals surface area contributed by atoms with Crippen LogP contribution in [0.2, 0.25) is 0 Å². The van der Waals surface area contributed by atoms with Gasteiger partial charge in [0.2, 0.25) is 0 Å². The molecule has 2 heterocycles. The molecule has 0 unspecified atom stereocenters. The molecule has 6 nitrogen and oxygen atoms in total. The Morgan fingerprint density at radius 2 is 2.24 bits per heavy atom. The normalized spacial score (nSPS) is 23.5. The number of halogens is 3. The molecule has 21 heavy (non-hydrogen) atoms. The lowest BCUT2D eigenvalue weighted by Crippen LogP contribution is -2.36. The van der Waals surface area contributed by atoms with Gasteiger partial charge >= 0.3 is 12.1 Å². The number of aryl methyl sites for hydroxylation is 1. The van der Waals surface area contributed by atoms with Crippen LogP contribution in [0.3, 0.4) is 0 Å². The van der Waals surface area contributed by atoms with Gasteiger partial charge in [-0.2, -0.15) is 18.3 Å². The number of aliphatic hydroxyl groups is 1. The van der Waals surface area contributed by atoms with Crippen LogP contribution in [0.1, 0.15) is 17.7 Å². The van der Waals surface area contributed by atoms with Gasteiger partial charge < -0.3 is 9.84 Å². The number of methoxy groups -OCH3 is 1. The minimum atomic E-state index is -4.53. The molecule has 0 aromatic carbocycles. The SMILES string of the molecule is COC(=O)[C@H]1C[C@@H](O)CN1Cc1cnn(C)c1C(F)(F)F. The Labute approximate surface area is 119 Å². The van der Waals surface area contributed by atoms with E-state index in [2.05, 4.69) is 9.84 Å². The summed E-state index contributed by atoms with van der Waals surface area (Å²) in [5, 5.41) is 13.3. The highest BCUT2D eigenvalue weighted by molar-refractivity contribution is 5.76. The van der Waals surface area contributed by atoms with Crippen molar-refractivity contribution < 1.29 is 27.8 Å². The van der Waals surface area contributed by atoms with Crippen LogP contribution in [0, 0.1) is 0 Å². The number of aliphatic hydroxyl groups excluding tert-OH is 1. The average molecular weight is 307 g/mol. The zero-order valence-corrected chi connectivity index (χ0v) is 11.6. The molecular weight excluding hydrogens is 291 g/mol. The number of likely N-dealkylation sites (tertiary alicyclic amines) is 1. The zero-order chi connectivity index (χ0) is 15.8. The van der Waals surface area contributed by atoms with E-state index in [1.165, 1.54) is 19.1 Å². The topological polar surface area (TPSA) is 67.6 Å². The number of carbonyl (C=O) groups excluding carboxylic acids is 1. The predicted octanol–water partition coefficient (Wildman–Crippen LogP) is 0.547. The fourth-order valence-electron chi connectivity index (χ4n) is 2.62. The Hall–Kier alpha value is -1.61. The van der Waals surface area contributed by atoms with Crippen LogP contribution in [0.4, 0.5) is 13.2 Å². The van der Waals surface area contributed by atoms with Crippen LogP contribution < -0.4 is 0 Å². The summed E-state index contributed by atoms with van der Waals surface area (Å²) < 4.78 is 44.4. The van der Waals surface area contributed by atoms with Gasteiger partial charge in [-0.1, -0.05) is 0 Å². The number of aromatic nitrogens is 2. The number of rotatable bonds is 3. The Morgan fingerprint density at radius 1 is 1.57 bits per heavy atom. The second-order valence-electron chi connectivity index (χ2n) is 5.00. The van der Waals surface area contributed by atoms with Crippen LogP contribution >= 0.6 is 0 Å². The maximum atomic E-state index is 13.0. The molecule has 2 atom stereocenters. The van der Waals surface area contributed by atoms with Gasteiger partial charge in [-0.3, -0.25) is 14.4 Å². The van der Waals surface area contributed by atoms with Gasteiger partial charge in [0.1, 0.15) is 11.7 Å². The summed E-state index contributed by atoms with van der Waals surface area (Å²) in [4.78, 5) is 13.1. The van der Waals surface area contributed by atoms with Crippen LogP contribution in [0.15, 0.2) is 6.20 Å². The predicted molar refractivity (Wildman–Crippen MR) is 65.0 cm³/mol. The first-order valence-corrected chi connectivity index (χ1v) is 6.32. The Bertz CT molecular complexity index is 530. The fraction of sp³-hybridized carbons (Fsp3) is 0.667. The number of nitrogens with zero attached hydrogens (tertiary/aromatic N) is 3. The maximum absolute atomic E-state index is 13.0. The summed E-state index contributed by atoms with van der Waals surface area (Å²) in [5.41, 5.74) is -0.888. The molecule has 1 aromatic rings. The molecule has 1 aliphatic rings. The largest absolute Gasteiger partial charge is 0.468 e. The summed E-state index contributed by atoms with van der Waals surface area (Å²) in [5.74, 6) is -0.566. The summed E-state index contributed by atoms with van der Waals surface area (Å²) in [6, 6.07) is -0.744. The lowest BCUT2D eigenvalue weighted by atomic mass is 10.2. The van der Waals surface area contributed by atoms with E-state index in [0.717, 1.165) is 10.9 Å². The van der Waals surface area contributed by atoms with Crippen molar-refractivity contribution in [2.45, 2.75) is 31.3 Å². The quantitative estimate of drug-likeness (QED) is 0.826. The van der Waals surface area contributed by atoms with Crippen LogP contribution in [-0.2, 0) is 29.3 Å². The van der Waals surface area contributed by atoms with Gasteiger partial charge in [-0.05, 0) is 0 Å². The van der Waals surface area contributed by atoms with Crippen LogP contribution in [0.5, 0.6) is 0 Å². The number of esters is 1. The van der Waals surface area contributed by atoms with Gasteiger partial charge in [0.25, 0.3) is 0 Å². The zero-order valence-electron chi connectivity index (χ0n) is 11.6. The Kier molecular flexibility index (Phi) is 4.24. The third kappa shape index (κ3) is 3.18. The van der Waals surface area contributed by atoms with Gasteiger partial charge in [-0.15, -0.1) is 0 Å². The van der Waals surface area contributed by atoms with Crippen molar-refractivity contribution in [3.63, 3.8) is 0 Å². The summed E-state index contributed by atoms with van der Waals surface area (Å²) in [7, 11) is 2.42. The number of hydrogen-bond acceptors (Lipinski definition) is 5. The molecule has 1 N–H and O–H groups in total. The third-order valence-corrected chi connectivity index (χ3v) is 3.51. The lowest BCUT2D eigenvalue weighted by molar-refractivity contribution is -0.146. The molecule has 1 fully saturated rings. The van der Waals surface area contributed by atoms with E-state index in [9.17, 15) is 23.1 Å². The minimum Gasteiger partial charge on any atom is -0.468 e. The summed E-state index contributed by atoms with van der Waals surface area (Å²) in [6.07, 6.45) is -4.02. The van der Waals surface area contributed by atoms with Gasteiger partial charge in [-0.25, -0.2) is 0 Å². The van der Waals surface area contributed by atoms with E-state index in [-0.39, 0.29) is 25.1 Å². The molecule has 1 aliphatic heterocycles. The molecule has 0 amide bonds. The first-order valence-electron chi connectivity index (χ1n) is 6.32. The number of carbonyl (C=O) groups is 1. The maximum Gasteiger partial charge on any atom is 0.433 e. The molecule has 1 saturated heterocycles. The molecule has 2 rings (SSSR count). The van der Waals surface area contributed by atoms with Crippen molar-refractivity contribution in [2.75, 3.05) is 13.7 Å². The Balaban J connectivity index is 2.23. The second-order valence-corrected chi connectivity index (χ2v) is 5.00. The summed E-state index contributed by atoms with van der Waals surface area (Å²) >= 11 is 0. The number of ether oxygens (including phenoxy) is 1.